The lowest BCUT2D eigenvalue weighted by Gasteiger charge is -2.46. The molecular weight excluding hydrogens is 919 g/mol. The summed E-state index contributed by atoms with van der Waals surface area (Å²) in [6, 6.07) is -0.934. The van der Waals surface area contributed by atoms with Gasteiger partial charge in [0, 0.05) is 6.42 Å². The van der Waals surface area contributed by atoms with Crippen molar-refractivity contribution in [1.29, 1.82) is 0 Å². The zero-order valence-electron chi connectivity index (χ0n) is 45.2. The van der Waals surface area contributed by atoms with E-state index in [2.05, 4.69) is 43.5 Å². The molecular formula is C58H107NO13. The average molecular weight is 1030 g/mol. The van der Waals surface area contributed by atoms with E-state index in [0.717, 1.165) is 51.4 Å². The monoisotopic (exact) mass is 1030 g/mol. The van der Waals surface area contributed by atoms with E-state index in [1.165, 1.54) is 148 Å². The Morgan fingerprint density at radius 3 is 1.33 bits per heavy atom. The standard InChI is InChI=1S/C58H107NO13/c1-3-5-7-9-11-13-15-16-17-18-19-20-21-22-23-24-25-26-27-28-29-30-32-34-36-38-40-42-50(63)59-46(47(62)41-39-37-35-33-31-14-12-10-8-6-4-2)45-69-57-55(68)53(66)56(49(44-61)71-57)72-58-54(67)52(65)51(64)48(43-60)70-58/h8,10,31,33,39,41,46-49,51-58,60-62,64-68H,3-7,9,11-30,32,34-38,40,42-45H2,1-2H3,(H,59,63)/b10-8+,33-31+,41-39+. The lowest BCUT2D eigenvalue weighted by Crippen LogP contribution is -2.65. The van der Waals surface area contributed by atoms with Crippen molar-refractivity contribution in [3.63, 3.8) is 0 Å². The van der Waals surface area contributed by atoms with E-state index in [1.54, 1.807) is 6.08 Å². The van der Waals surface area contributed by atoms with Crippen LogP contribution >= 0.6 is 0 Å². The Hall–Kier alpha value is -1.79. The molecule has 0 aromatic heterocycles. The number of aliphatic hydroxyl groups excluding tert-OH is 8. The lowest BCUT2D eigenvalue weighted by molar-refractivity contribution is -0.359. The van der Waals surface area contributed by atoms with Crippen LogP contribution in [-0.2, 0) is 23.7 Å². The Morgan fingerprint density at radius 1 is 0.486 bits per heavy atom. The summed E-state index contributed by atoms with van der Waals surface area (Å²) < 4.78 is 22.7. The van der Waals surface area contributed by atoms with Gasteiger partial charge < -0.3 is 65.1 Å². The predicted octanol–water partition coefficient (Wildman–Crippen LogP) is 9.44. The average Bonchev–Trinajstić information content (AvgIpc) is 3.38. The van der Waals surface area contributed by atoms with E-state index in [9.17, 15) is 45.6 Å². The number of nitrogens with one attached hydrogen (secondary N) is 1. The second-order valence-electron chi connectivity index (χ2n) is 20.8. The maximum absolute atomic E-state index is 13.2. The molecule has 2 saturated heterocycles. The van der Waals surface area contributed by atoms with Gasteiger partial charge in [-0.25, -0.2) is 0 Å². The molecule has 0 aromatic rings. The van der Waals surface area contributed by atoms with Gasteiger partial charge >= 0.3 is 0 Å². The van der Waals surface area contributed by atoms with Crippen molar-refractivity contribution in [2.24, 2.45) is 0 Å². The number of aliphatic hydroxyl groups is 8. The molecule has 12 unspecified atom stereocenters. The van der Waals surface area contributed by atoms with Crippen molar-refractivity contribution in [2.75, 3.05) is 19.8 Å². The summed E-state index contributed by atoms with van der Waals surface area (Å²) in [6.45, 7) is 2.70. The van der Waals surface area contributed by atoms with Gasteiger partial charge in [-0.05, 0) is 38.5 Å². The number of rotatable bonds is 46. The molecule has 0 spiro atoms. The second-order valence-corrected chi connectivity index (χ2v) is 20.8. The third kappa shape index (κ3) is 30.1. The maximum atomic E-state index is 13.2. The zero-order valence-corrected chi connectivity index (χ0v) is 45.2. The minimum Gasteiger partial charge on any atom is -0.394 e. The highest BCUT2D eigenvalue weighted by Crippen LogP contribution is 2.30. The van der Waals surface area contributed by atoms with Crippen molar-refractivity contribution in [3.05, 3.63) is 36.5 Å². The Morgan fingerprint density at radius 2 is 0.889 bits per heavy atom. The number of allylic oxidation sites excluding steroid dienone is 5. The fourth-order valence-corrected chi connectivity index (χ4v) is 9.57. The van der Waals surface area contributed by atoms with Crippen LogP contribution in [0.2, 0.25) is 0 Å². The van der Waals surface area contributed by atoms with Crippen LogP contribution in [0.15, 0.2) is 36.5 Å². The van der Waals surface area contributed by atoms with E-state index >= 15 is 0 Å². The molecule has 1 amide bonds. The van der Waals surface area contributed by atoms with E-state index in [-0.39, 0.29) is 18.9 Å². The molecule has 2 rings (SSSR count). The second kappa shape index (κ2) is 44.3. The Bertz CT molecular complexity index is 1350. The summed E-state index contributed by atoms with van der Waals surface area (Å²) in [7, 11) is 0. The normalized spacial score (nSPS) is 25.8. The summed E-state index contributed by atoms with van der Waals surface area (Å²) >= 11 is 0. The van der Waals surface area contributed by atoms with Gasteiger partial charge in [0.25, 0.3) is 0 Å². The van der Waals surface area contributed by atoms with Gasteiger partial charge in [-0.1, -0.05) is 224 Å². The van der Waals surface area contributed by atoms with Crippen LogP contribution in [0.5, 0.6) is 0 Å². The Labute approximate surface area is 436 Å². The van der Waals surface area contributed by atoms with Gasteiger partial charge in [0.05, 0.1) is 32.0 Å². The van der Waals surface area contributed by atoms with Crippen LogP contribution < -0.4 is 5.32 Å². The fraction of sp³-hybridized carbons (Fsp3) is 0.879. The highest BCUT2D eigenvalue weighted by Gasteiger charge is 2.51. The number of amides is 1. The molecule has 0 bridgehead atoms. The Balaban J connectivity index is 1.68. The molecule has 2 aliphatic rings. The minimum absolute atomic E-state index is 0.252. The van der Waals surface area contributed by atoms with Gasteiger partial charge in [-0.2, -0.15) is 0 Å². The zero-order chi connectivity index (χ0) is 52.4. The van der Waals surface area contributed by atoms with Crippen LogP contribution in [0.25, 0.3) is 0 Å². The largest absolute Gasteiger partial charge is 0.394 e. The molecule has 2 heterocycles. The quantitative estimate of drug-likeness (QED) is 0.0205. The van der Waals surface area contributed by atoms with Crippen LogP contribution in [0.3, 0.4) is 0 Å². The van der Waals surface area contributed by atoms with Crippen molar-refractivity contribution in [3.8, 4) is 0 Å². The van der Waals surface area contributed by atoms with E-state index in [4.69, 9.17) is 18.9 Å². The number of carbonyl (C=O) groups excluding carboxylic acids is 1. The van der Waals surface area contributed by atoms with Crippen LogP contribution in [0, 0.1) is 0 Å². The van der Waals surface area contributed by atoms with Gasteiger partial charge in [0.1, 0.15) is 48.8 Å². The predicted molar refractivity (Wildman–Crippen MR) is 286 cm³/mol. The van der Waals surface area contributed by atoms with E-state index in [0.29, 0.717) is 12.8 Å². The molecule has 14 nitrogen and oxygen atoms in total. The first-order chi connectivity index (χ1) is 35.1. The third-order valence-electron chi connectivity index (χ3n) is 14.3. The first kappa shape index (κ1) is 66.3. The number of ether oxygens (including phenoxy) is 4. The first-order valence-corrected chi connectivity index (χ1v) is 29.2. The molecule has 2 fully saturated rings. The number of hydrogen-bond donors (Lipinski definition) is 9. The molecule has 12 atom stereocenters. The molecule has 72 heavy (non-hydrogen) atoms. The highest BCUT2D eigenvalue weighted by molar-refractivity contribution is 5.76. The SMILES string of the molecule is CCC/C=C/CC/C=C/CC/C=C/C(O)C(COC1OC(CO)C(OC2OC(CO)C(O)C(O)C2O)C(O)C1O)NC(=O)CCCCCCCCCCCCCCCCCCCCCCCCCCCCC. The van der Waals surface area contributed by atoms with Gasteiger partial charge in [0.2, 0.25) is 5.91 Å². The summed E-state index contributed by atoms with van der Waals surface area (Å²) in [5.74, 6) is -0.252. The van der Waals surface area contributed by atoms with Gasteiger partial charge in [-0.15, -0.1) is 0 Å². The molecule has 0 aromatic carbocycles. The molecule has 0 radical (unpaired) electrons. The van der Waals surface area contributed by atoms with Crippen molar-refractivity contribution < 1.29 is 64.6 Å². The summed E-state index contributed by atoms with van der Waals surface area (Å²) in [5, 5.41) is 86.8. The van der Waals surface area contributed by atoms with Crippen LogP contribution in [0.1, 0.15) is 232 Å². The molecule has 14 heteroatoms. The molecule has 2 aliphatic heterocycles. The lowest BCUT2D eigenvalue weighted by atomic mass is 9.97. The molecule has 0 aliphatic carbocycles. The summed E-state index contributed by atoms with van der Waals surface area (Å²) in [4.78, 5) is 13.2. The van der Waals surface area contributed by atoms with Crippen molar-refractivity contribution >= 4 is 5.91 Å². The molecule has 422 valence electrons. The summed E-state index contributed by atoms with van der Waals surface area (Å²) in [5.41, 5.74) is 0. The van der Waals surface area contributed by atoms with Crippen LogP contribution in [-0.4, -0.2) is 140 Å². The first-order valence-electron chi connectivity index (χ1n) is 29.2. The minimum atomic E-state index is -1.79. The number of unbranched alkanes of at least 4 members (excludes halogenated alkanes) is 29. The maximum Gasteiger partial charge on any atom is 0.220 e. The highest BCUT2D eigenvalue weighted by atomic mass is 16.7. The number of carbonyl (C=O) groups is 1. The van der Waals surface area contributed by atoms with Crippen LogP contribution in [0.4, 0.5) is 0 Å². The van der Waals surface area contributed by atoms with Gasteiger partial charge in [0.15, 0.2) is 12.6 Å². The summed E-state index contributed by atoms with van der Waals surface area (Å²) in [6.07, 6.45) is 36.5. The number of hydrogen-bond acceptors (Lipinski definition) is 13. The topological polar surface area (TPSA) is 228 Å². The molecule has 0 saturated carbocycles. The fourth-order valence-electron chi connectivity index (χ4n) is 9.57. The van der Waals surface area contributed by atoms with Crippen molar-refractivity contribution in [1.82, 2.24) is 5.32 Å². The van der Waals surface area contributed by atoms with Crippen molar-refractivity contribution in [2.45, 2.75) is 306 Å². The smallest absolute Gasteiger partial charge is 0.220 e. The van der Waals surface area contributed by atoms with E-state index < -0.39 is 86.8 Å². The third-order valence-corrected chi connectivity index (χ3v) is 14.3. The van der Waals surface area contributed by atoms with E-state index in [1.807, 2.05) is 6.08 Å². The van der Waals surface area contributed by atoms with Gasteiger partial charge in [-0.3, -0.25) is 4.79 Å². The Kier molecular flexibility index (Phi) is 40.9. The molecule has 9 N–H and O–H groups in total.